The first-order valence-electron chi connectivity index (χ1n) is 20.0. The molecule has 6 N–H and O–H groups in total. The van der Waals surface area contributed by atoms with Crippen LogP contribution in [-0.2, 0) is 9.53 Å². The highest BCUT2D eigenvalue weighted by atomic mass is 32.2. The molecule has 0 unspecified atom stereocenters. The molecule has 1 aliphatic carbocycles. The summed E-state index contributed by atoms with van der Waals surface area (Å²) in [6.07, 6.45) is 8.81. The Hall–Kier alpha value is -4.28. The smallest absolute Gasteiger partial charge is 0.278 e. The van der Waals surface area contributed by atoms with E-state index in [2.05, 4.69) is 30.5 Å². The van der Waals surface area contributed by atoms with Crippen LogP contribution in [0.4, 0.5) is 0 Å². The van der Waals surface area contributed by atoms with Crippen molar-refractivity contribution in [2.45, 2.75) is 114 Å². The number of H-pyrrole nitrogens is 1. The summed E-state index contributed by atoms with van der Waals surface area (Å²) >= 11 is 1.57. The third kappa shape index (κ3) is 10.8. The number of rotatable bonds is 11. The molecule has 2 saturated heterocycles. The largest absolute Gasteiger partial charge is 0.508 e. The number of aromatic hydroxyl groups is 1. The van der Waals surface area contributed by atoms with Crippen molar-refractivity contribution in [1.29, 1.82) is 0 Å². The maximum absolute atomic E-state index is 13.5. The van der Waals surface area contributed by atoms with Gasteiger partial charge in [-0.2, -0.15) is 0 Å². The molecule has 0 bridgehead atoms. The third-order valence-electron chi connectivity index (χ3n) is 11.2. The minimum Gasteiger partial charge on any atom is -0.508 e. The number of fused-ring (bicyclic) bond motifs is 2. The van der Waals surface area contributed by atoms with E-state index in [1.807, 2.05) is 51.1 Å². The molecule has 7 rings (SSSR count). The Labute approximate surface area is 337 Å². The Morgan fingerprint density at radius 3 is 2.51 bits per heavy atom. The monoisotopic (exact) mass is 803 g/mol. The van der Waals surface area contributed by atoms with Gasteiger partial charge in [0.2, 0.25) is 5.91 Å². The van der Waals surface area contributed by atoms with Crippen molar-refractivity contribution >= 4 is 34.7 Å². The number of benzene rings is 2. The number of aromatic nitrogens is 4. The second kappa shape index (κ2) is 19.0. The number of carbonyl (C=O) groups is 2. The summed E-state index contributed by atoms with van der Waals surface area (Å²) in [5, 5.41) is 37.0. The fraction of sp³-hybridized carbons (Fsp3) is 0.548. The topological polar surface area (TPSA) is 195 Å². The number of piperidine rings is 1. The zero-order chi connectivity index (χ0) is 40.7. The number of amides is 2. The van der Waals surface area contributed by atoms with Gasteiger partial charge in [0.15, 0.2) is 11.2 Å². The summed E-state index contributed by atoms with van der Waals surface area (Å²) in [5.41, 5.74) is 1.10. The van der Waals surface area contributed by atoms with E-state index in [4.69, 9.17) is 9.84 Å². The maximum Gasteiger partial charge on any atom is 0.278 e. The summed E-state index contributed by atoms with van der Waals surface area (Å²) in [6, 6.07) is 13.9. The van der Waals surface area contributed by atoms with Crippen molar-refractivity contribution in [2.24, 2.45) is 11.8 Å². The zero-order valence-corrected chi connectivity index (χ0v) is 34.1. The second-order valence-corrected chi connectivity index (χ2v) is 17.6. The minimum atomic E-state index is -0.886. The highest BCUT2D eigenvalue weighted by Gasteiger charge is 2.42. The van der Waals surface area contributed by atoms with Crippen LogP contribution < -0.4 is 16.2 Å². The van der Waals surface area contributed by atoms with Gasteiger partial charge in [0, 0.05) is 40.4 Å². The van der Waals surface area contributed by atoms with Crippen molar-refractivity contribution in [3.63, 3.8) is 0 Å². The number of likely N-dealkylation sites (tertiary alicyclic amines) is 1. The first kappa shape index (κ1) is 42.3. The normalized spacial score (nSPS) is 23.5. The average molecular weight is 804 g/mol. The number of imidazole rings is 1. The number of nitrogens with one attached hydrogen (secondary N) is 3. The average Bonchev–Trinajstić information content (AvgIpc) is 3.85. The molecule has 308 valence electrons. The van der Waals surface area contributed by atoms with Crippen molar-refractivity contribution in [1.82, 2.24) is 35.1 Å². The van der Waals surface area contributed by atoms with Crippen molar-refractivity contribution in [2.75, 3.05) is 25.4 Å². The minimum absolute atomic E-state index is 0.0111. The summed E-state index contributed by atoms with van der Waals surface area (Å²) in [7, 11) is 0. The number of carbonyl (C=O) groups excluding carboxylic acids is 2. The van der Waals surface area contributed by atoms with Crippen LogP contribution in [0.3, 0.4) is 0 Å². The van der Waals surface area contributed by atoms with E-state index in [-0.39, 0.29) is 53.6 Å². The number of phenols is 1. The van der Waals surface area contributed by atoms with Crippen LogP contribution >= 0.6 is 11.8 Å². The number of aromatic amines is 1. The summed E-state index contributed by atoms with van der Waals surface area (Å²) < 4.78 is 7.36. The number of thioether (sulfide) groups is 1. The van der Waals surface area contributed by atoms with Gasteiger partial charge in [-0.15, -0.1) is 11.8 Å². The number of aliphatic hydroxyl groups excluding tert-OH is 2. The number of phenolic OH excluding ortho intramolecular Hbond substituents is 1. The third-order valence-corrected chi connectivity index (χ3v) is 12.3. The molecule has 2 aromatic heterocycles. The molecular formula is C42H57N7O7S. The lowest BCUT2D eigenvalue weighted by Crippen LogP contribution is -2.60. The van der Waals surface area contributed by atoms with Crippen LogP contribution in [0, 0.1) is 18.8 Å². The Bertz CT molecular complexity index is 2020. The number of aliphatic hydroxyl groups is 2. The number of hydrogen-bond acceptors (Lipinski definition) is 11. The molecule has 15 heteroatoms. The van der Waals surface area contributed by atoms with Crippen LogP contribution in [0.2, 0.25) is 0 Å². The molecule has 1 saturated carbocycles. The first-order chi connectivity index (χ1) is 27.3. The van der Waals surface area contributed by atoms with E-state index in [1.165, 1.54) is 19.2 Å². The van der Waals surface area contributed by atoms with E-state index in [1.54, 1.807) is 47.8 Å². The predicted octanol–water partition coefficient (Wildman–Crippen LogP) is 4.54. The summed E-state index contributed by atoms with van der Waals surface area (Å²) in [5.74, 6) is 1.27. The molecular weight excluding hydrogens is 747 g/mol. The predicted molar refractivity (Wildman–Crippen MR) is 219 cm³/mol. The van der Waals surface area contributed by atoms with E-state index in [9.17, 15) is 24.6 Å². The van der Waals surface area contributed by atoms with Crippen molar-refractivity contribution in [3.05, 3.63) is 82.7 Å². The van der Waals surface area contributed by atoms with E-state index >= 15 is 0 Å². The molecule has 2 aromatic carbocycles. The van der Waals surface area contributed by atoms with Crippen LogP contribution in [0.1, 0.15) is 87.9 Å². The van der Waals surface area contributed by atoms with Gasteiger partial charge >= 0.3 is 0 Å². The molecule has 3 fully saturated rings. The molecule has 57 heavy (non-hydrogen) atoms. The zero-order valence-electron chi connectivity index (χ0n) is 33.3. The van der Waals surface area contributed by atoms with Gasteiger partial charge in [0.25, 0.3) is 11.5 Å². The number of nitrogens with zero attached hydrogens (tertiary/aromatic N) is 4. The lowest BCUT2D eigenvalue weighted by atomic mass is 9.72. The lowest BCUT2D eigenvalue weighted by molar-refractivity contribution is -0.132. The first-order valence-corrected chi connectivity index (χ1v) is 21.0. The standard InChI is InChI=1S/C32H45N3O4S.C10H12N4O3/c1-21-25(15-10-16-28(21)36)30(38)33-26(20-40-24-13-6-5-7-14-24)29(37)19-35-18-23-12-9-8-11-22(23)17-27(35)31(39)34-32(2,3)4;15-3-6-1-2-7(17-6)14-5-13-8-9(14)11-4-12-10(8)16/h5-7,10,13-16,22-23,26-27,29,36-37H,8-9,11-12,17-20H2,1-4H3,(H,33,38)(H,34,39);4-7,15H,1-3H2,(H,11,12,16)/t22-,23+,26-,27-,29+;6-,7+/m00/s1. The number of hydrogen-bond donors (Lipinski definition) is 6. The quantitative estimate of drug-likeness (QED) is 0.117. The molecule has 0 spiro atoms. The lowest BCUT2D eigenvalue weighted by Gasteiger charge is -2.47. The SMILES string of the molecule is Cc1c(O)cccc1C(=O)N[C@@H](CSc1ccccc1)[C@H](O)CN1C[C@H]2CCCC[C@H]2C[C@H]1C(=O)NC(C)(C)C.O=c1[nH]cnc2c1ncn2[C@H]1CC[C@@H](CO)O1. The Morgan fingerprint density at radius 1 is 1.04 bits per heavy atom. The van der Waals surface area contributed by atoms with Crippen molar-refractivity contribution in [3.8, 4) is 5.75 Å². The van der Waals surface area contributed by atoms with Gasteiger partial charge < -0.3 is 35.7 Å². The van der Waals surface area contributed by atoms with Gasteiger partial charge in [-0.3, -0.25) is 23.9 Å². The highest BCUT2D eigenvalue weighted by molar-refractivity contribution is 7.99. The Kier molecular flexibility index (Phi) is 14.1. The highest BCUT2D eigenvalue weighted by Crippen LogP contribution is 2.39. The van der Waals surface area contributed by atoms with Crippen LogP contribution in [0.5, 0.6) is 5.75 Å². The number of β-amino-alcohol motifs (C(OH)–C–C–N with tert-alkyl or cyclic N) is 1. The molecule has 14 nitrogen and oxygen atoms in total. The Morgan fingerprint density at radius 2 is 1.79 bits per heavy atom. The van der Waals surface area contributed by atoms with Crippen LogP contribution in [0.15, 0.2) is 70.9 Å². The van der Waals surface area contributed by atoms with Gasteiger partial charge in [-0.1, -0.05) is 43.5 Å². The molecule has 7 atom stereocenters. The van der Waals surface area contributed by atoms with Gasteiger partial charge in [0.05, 0.1) is 43.6 Å². The van der Waals surface area contributed by atoms with E-state index < -0.39 is 12.1 Å². The second-order valence-electron chi connectivity index (χ2n) is 16.5. The molecule has 0 radical (unpaired) electrons. The maximum atomic E-state index is 13.5. The summed E-state index contributed by atoms with van der Waals surface area (Å²) in [6.45, 7) is 8.77. The summed E-state index contributed by atoms with van der Waals surface area (Å²) in [4.78, 5) is 52.1. The fourth-order valence-electron chi connectivity index (χ4n) is 8.16. The van der Waals surface area contributed by atoms with Crippen LogP contribution in [-0.4, -0.2) is 107 Å². The molecule has 2 aliphatic heterocycles. The molecule has 4 aromatic rings. The fourth-order valence-corrected chi connectivity index (χ4v) is 9.19. The number of ether oxygens (including phenoxy) is 1. The van der Waals surface area contributed by atoms with E-state index in [0.29, 0.717) is 46.4 Å². The molecule has 2 amide bonds. The van der Waals surface area contributed by atoms with E-state index in [0.717, 1.165) is 43.5 Å². The van der Waals surface area contributed by atoms with Gasteiger partial charge in [-0.25, -0.2) is 9.97 Å². The molecule has 4 heterocycles. The Balaban J connectivity index is 0.000000266. The van der Waals surface area contributed by atoms with Gasteiger partial charge in [0.1, 0.15) is 12.0 Å². The van der Waals surface area contributed by atoms with Crippen molar-refractivity contribution < 1.29 is 29.6 Å². The van der Waals surface area contributed by atoms with Crippen LogP contribution in [0.25, 0.3) is 11.2 Å². The van der Waals surface area contributed by atoms with Gasteiger partial charge in [-0.05, 0) is 89.5 Å². The molecule has 3 aliphatic rings.